The van der Waals surface area contributed by atoms with E-state index in [2.05, 4.69) is 18.0 Å². The van der Waals surface area contributed by atoms with Crippen LogP contribution in [0.5, 0.6) is 0 Å². The van der Waals surface area contributed by atoms with E-state index in [1.165, 1.54) is 11.8 Å². The molecular formula is C15H16N2O3. The predicted octanol–water partition coefficient (Wildman–Crippen LogP) is 2.93. The van der Waals surface area contributed by atoms with Crippen molar-refractivity contribution in [1.82, 2.24) is 4.98 Å². The number of benzene rings is 1. The summed E-state index contributed by atoms with van der Waals surface area (Å²) in [7, 11) is 0. The molecule has 5 nitrogen and oxygen atoms in total. The first kappa shape index (κ1) is 12.7. The number of carbonyl (C=O) groups excluding carboxylic acids is 1. The Bertz CT molecular complexity index is 636. The van der Waals surface area contributed by atoms with Crippen molar-refractivity contribution >= 4 is 17.7 Å². The lowest BCUT2D eigenvalue weighted by Gasteiger charge is -2.19. The molecule has 1 atom stereocenters. The van der Waals surface area contributed by atoms with E-state index >= 15 is 0 Å². The first-order chi connectivity index (χ1) is 9.70. The summed E-state index contributed by atoms with van der Waals surface area (Å²) in [5, 5.41) is 0. The van der Waals surface area contributed by atoms with E-state index in [9.17, 15) is 4.79 Å². The Balaban J connectivity index is 1.92. The van der Waals surface area contributed by atoms with Crippen LogP contribution in [-0.2, 0) is 11.2 Å². The van der Waals surface area contributed by atoms with Gasteiger partial charge in [-0.25, -0.2) is 4.79 Å². The second-order valence-corrected chi connectivity index (χ2v) is 4.79. The number of para-hydroxylation sites is 1. The van der Waals surface area contributed by atoms with Gasteiger partial charge in [0.25, 0.3) is 0 Å². The zero-order valence-electron chi connectivity index (χ0n) is 11.5. The van der Waals surface area contributed by atoms with Gasteiger partial charge in [-0.15, -0.1) is 0 Å². The van der Waals surface area contributed by atoms with Crippen molar-refractivity contribution in [2.45, 2.75) is 26.3 Å². The Morgan fingerprint density at radius 3 is 3.10 bits per heavy atom. The maximum Gasteiger partial charge on any atom is 0.360 e. The van der Waals surface area contributed by atoms with Crippen molar-refractivity contribution in [2.24, 2.45) is 0 Å². The Labute approximate surface area is 117 Å². The smallest absolute Gasteiger partial charge is 0.360 e. The molecule has 2 aromatic rings. The summed E-state index contributed by atoms with van der Waals surface area (Å²) in [6.07, 6.45) is 2.29. The summed E-state index contributed by atoms with van der Waals surface area (Å²) in [5.41, 5.74) is 2.55. The molecule has 0 aliphatic carbocycles. The third kappa shape index (κ3) is 2.05. The molecule has 1 aromatic carbocycles. The van der Waals surface area contributed by atoms with Gasteiger partial charge < -0.3 is 9.15 Å². The largest absolute Gasteiger partial charge is 0.461 e. The van der Waals surface area contributed by atoms with E-state index in [-0.39, 0.29) is 11.7 Å². The molecule has 0 saturated carbocycles. The van der Waals surface area contributed by atoms with Gasteiger partial charge in [0.1, 0.15) is 6.26 Å². The Kier molecular flexibility index (Phi) is 3.18. The zero-order valence-corrected chi connectivity index (χ0v) is 11.5. The number of hydrogen-bond donors (Lipinski definition) is 0. The minimum atomic E-state index is -0.456. The van der Waals surface area contributed by atoms with Gasteiger partial charge in [-0.05, 0) is 31.9 Å². The quantitative estimate of drug-likeness (QED) is 0.804. The molecule has 0 bridgehead atoms. The number of nitrogens with zero attached hydrogens (tertiary/aromatic N) is 2. The summed E-state index contributed by atoms with van der Waals surface area (Å²) in [5.74, 6) is -0.456. The lowest BCUT2D eigenvalue weighted by molar-refractivity contribution is 0.0519. The fraction of sp³-hybridized carbons (Fsp3) is 0.333. The topological polar surface area (TPSA) is 55.6 Å². The van der Waals surface area contributed by atoms with Crippen molar-refractivity contribution in [3.63, 3.8) is 0 Å². The minimum Gasteiger partial charge on any atom is -0.461 e. The van der Waals surface area contributed by atoms with Crippen LogP contribution in [0.2, 0.25) is 0 Å². The van der Waals surface area contributed by atoms with Gasteiger partial charge in [0.2, 0.25) is 0 Å². The Hall–Kier alpha value is -2.30. The third-order valence-electron chi connectivity index (χ3n) is 3.39. The van der Waals surface area contributed by atoms with Crippen molar-refractivity contribution in [3.05, 3.63) is 41.8 Å². The van der Waals surface area contributed by atoms with Crippen molar-refractivity contribution < 1.29 is 13.9 Å². The van der Waals surface area contributed by atoms with E-state index < -0.39 is 5.97 Å². The van der Waals surface area contributed by atoms with Crippen LogP contribution in [0.3, 0.4) is 0 Å². The van der Waals surface area contributed by atoms with Gasteiger partial charge in [-0.3, -0.25) is 4.90 Å². The zero-order chi connectivity index (χ0) is 14.1. The first-order valence-electron chi connectivity index (χ1n) is 6.70. The molecule has 104 valence electrons. The van der Waals surface area contributed by atoms with Gasteiger partial charge >= 0.3 is 12.0 Å². The van der Waals surface area contributed by atoms with Gasteiger partial charge in [0, 0.05) is 11.7 Å². The highest BCUT2D eigenvalue weighted by Crippen LogP contribution is 2.37. The lowest BCUT2D eigenvalue weighted by Crippen LogP contribution is -2.24. The Morgan fingerprint density at radius 1 is 1.50 bits per heavy atom. The van der Waals surface area contributed by atoms with Crippen LogP contribution in [0.25, 0.3) is 0 Å². The molecule has 1 unspecified atom stereocenters. The third-order valence-corrected chi connectivity index (χ3v) is 3.39. The Morgan fingerprint density at radius 2 is 2.30 bits per heavy atom. The van der Waals surface area contributed by atoms with Crippen molar-refractivity contribution in [1.29, 1.82) is 0 Å². The standard InChI is InChI=1S/C15H16N2O3/c1-3-19-14(18)12-9-20-15(16-12)17-10(2)8-11-6-4-5-7-13(11)17/h4-7,9-10H,3,8H2,1-2H3. The number of ether oxygens (including phenoxy) is 1. The van der Waals surface area contributed by atoms with E-state index in [1.807, 2.05) is 23.1 Å². The molecule has 1 aliphatic rings. The van der Waals surface area contributed by atoms with Crippen molar-refractivity contribution in [3.8, 4) is 0 Å². The normalized spacial score (nSPS) is 17.1. The van der Waals surface area contributed by atoms with Crippen LogP contribution in [0.4, 0.5) is 11.7 Å². The van der Waals surface area contributed by atoms with Gasteiger partial charge in [0.15, 0.2) is 5.69 Å². The molecule has 0 spiro atoms. The van der Waals surface area contributed by atoms with Gasteiger partial charge in [-0.1, -0.05) is 18.2 Å². The fourth-order valence-electron chi connectivity index (χ4n) is 2.53. The number of esters is 1. The number of rotatable bonds is 3. The molecular weight excluding hydrogens is 256 g/mol. The maximum absolute atomic E-state index is 11.6. The van der Waals surface area contributed by atoms with E-state index in [1.54, 1.807) is 6.92 Å². The SMILES string of the molecule is CCOC(=O)c1coc(N2c3ccccc3CC2C)n1. The van der Waals surface area contributed by atoms with Crippen LogP contribution >= 0.6 is 0 Å². The van der Waals surface area contributed by atoms with Crippen LogP contribution in [0.15, 0.2) is 34.9 Å². The summed E-state index contributed by atoms with van der Waals surface area (Å²) in [6.45, 7) is 4.19. The molecule has 0 fully saturated rings. The molecule has 0 amide bonds. The van der Waals surface area contributed by atoms with E-state index in [0.717, 1.165) is 12.1 Å². The molecule has 0 radical (unpaired) electrons. The van der Waals surface area contributed by atoms with E-state index in [4.69, 9.17) is 9.15 Å². The van der Waals surface area contributed by atoms with Gasteiger partial charge in [-0.2, -0.15) is 4.98 Å². The van der Waals surface area contributed by atoms with Crippen LogP contribution in [0, 0.1) is 0 Å². The summed E-state index contributed by atoms with van der Waals surface area (Å²) < 4.78 is 10.4. The van der Waals surface area contributed by atoms with Crippen molar-refractivity contribution in [2.75, 3.05) is 11.5 Å². The molecule has 1 aromatic heterocycles. The number of fused-ring (bicyclic) bond motifs is 1. The maximum atomic E-state index is 11.6. The summed E-state index contributed by atoms with van der Waals surface area (Å²) >= 11 is 0. The molecule has 5 heteroatoms. The molecule has 1 aliphatic heterocycles. The molecule has 3 rings (SSSR count). The highest BCUT2D eigenvalue weighted by molar-refractivity contribution is 5.87. The number of hydrogen-bond acceptors (Lipinski definition) is 5. The molecule has 20 heavy (non-hydrogen) atoms. The average molecular weight is 272 g/mol. The van der Waals surface area contributed by atoms with Crippen LogP contribution in [-0.4, -0.2) is 23.6 Å². The second-order valence-electron chi connectivity index (χ2n) is 4.79. The summed E-state index contributed by atoms with van der Waals surface area (Å²) in [4.78, 5) is 17.9. The molecule has 0 saturated heterocycles. The minimum absolute atomic E-state index is 0.207. The number of aromatic nitrogens is 1. The highest BCUT2D eigenvalue weighted by Gasteiger charge is 2.30. The first-order valence-corrected chi connectivity index (χ1v) is 6.70. The fourth-order valence-corrected chi connectivity index (χ4v) is 2.53. The predicted molar refractivity (Wildman–Crippen MR) is 74.2 cm³/mol. The van der Waals surface area contributed by atoms with Crippen LogP contribution in [0.1, 0.15) is 29.9 Å². The van der Waals surface area contributed by atoms with Crippen LogP contribution < -0.4 is 4.90 Å². The molecule has 0 N–H and O–H groups in total. The monoisotopic (exact) mass is 272 g/mol. The second kappa shape index (κ2) is 5.00. The lowest BCUT2D eigenvalue weighted by atomic mass is 10.1. The number of anilines is 2. The highest BCUT2D eigenvalue weighted by atomic mass is 16.5. The average Bonchev–Trinajstić information content (AvgIpc) is 3.01. The number of carbonyl (C=O) groups is 1. The summed E-state index contributed by atoms with van der Waals surface area (Å²) in [6, 6.07) is 8.83. The number of oxazole rings is 1. The van der Waals surface area contributed by atoms with E-state index in [0.29, 0.717) is 12.6 Å². The van der Waals surface area contributed by atoms with Gasteiger partial charge in [0.05, 0.1) is 6.61 Å². The molecule has 2 heterocycles.